The van der Waals surface area contributed by atoms with Crippen LogP contribution in [0.25, 0.3) is 0 Å². The van der Waals surface area contributed by atoms with Crippen molar-refractivity contribution in [2.24, 2.45) is 11.7 Å². The van der Waals surface area contributed by atoms with Crippen LogP contribution in [0.15, 0.2) is 18.2 Å². The summed E-state index contributed by atoms with van der Waals surface area (Å²) in [7, 11) is 0. The van der Waals surface area contributed by atoms with Crippen LogP contribution in [0.4, 0.5) is 5.69 Å². The molecule has 0 bridgehead atoms. The fraction of sp³-hybridized carbons (Fsp3) is 0.308. The Balaban J connectivity index is 2.39. The number of carboxylic acid groups (broad SMARTS) is 2. The van der Waals surface area contributed by atoms with E-state index in [4.69, 9.17) is 15.9 Å². The largest absolute Gasteiger partial charge is 0.478 e. The maximum atomic E-state index is 11.9. The lowest BCUT2D eigenvalue weighted by Gasteiger charge is -2.17. The van der Waals surface area contributed by atoms with E-state index in [0.29, 0.717) is 25.2 Å². The normalized spacial score (nSPS) is 18.4. The van der Waals surface area contributed by atoms with Crippen LogP contribution in [0.5, 0.6) is 0 Å². The number of hydrogen-bond donors (Lipinski definition) is 3. The third-order valence-electron chi connectivity index (χ3n) is 3.31. The SMILES string of the molecule is NCC1CC(=O)N(c2ccc(C(=O)O)c(C(=O)O)c2)C1. The first-order valence-corrected chi connectivity index (χ1v) is 6.05. The number of anilines is 1. The van der Waals surface area contributed by atoms with Crippen LogP contribution < -0.4 is 10.6 Å². The first-order chi connectivity index (χ1) is 9.43. The monoisotopic (exact) mass is 278 g/mol. The maximum absolute atomic E-state index is 11.9. The van der Waals surface area contributed by atoms with Crippen molar-refractivity contribution < 1.29 is 24.6 Å². The zero-order chi connectivity index (χ0) is 14.9. The van der Waals surface area contributed by atoms with Crippen molar-refractivity contribution in [3.8, 4) is 0 Å². The highest BCUT2D eigenvalue weighted by Gasteiger charge is 2.30. The fourth-order valence-corrected chi connectivity index (χ4v) is 2.25. The number of nitrogens with two attached hydrogens (primary N) is 1. The van der Waals surface area contributed by atoms with E-state index < -0.39 is 11.9 Å². The van der Waals surface area contributed by atoms with Gasteiger partial charge in [0.15, 0.2) is 0 Å². The number of amides is 1. The molecule has 1 amide bonds. The Labute approximate surface area is 114 Å². The molecule has 1 saturated heterocycles. The van der Waals surface area contributed by atoms with Crippen LogP contribution in [0.3, 0.4) is 0 Å². The highest BCUT2D eigenvalue weighted by molar-refractivity contribution is 6.04. The molecule has 1 atom stereocenters. The molecule has 1 heterocycles. The lowest BCUT2D eigenvalue weighted by Crippen LogP contribution is -2.26. The molecule has 20 heavy (non-hydrogen) atoms. The summed E-state index contributed by atoms with van der Waals surface area (Å²) >= 11 is 0. The first kappa shape index (κ1) is 14.0. The van der Waals surface area contributed by atoms with Gasteiger partial charge in [-0.25, -0.2) is 9.59 Å². The molecule has 1 aromatic carbocycles. The number of nitrogens with zero attached hydrogens (tertiary/aromatic N) is 1. The van der Waals surface area contributed by atoms with Gasteiger partial charge < -0.3 is 20.8 Å². The predicted molar refractivity (Wildman–Crippen MR) is 69.9 cm³/mol. The molecule has 1 aromatic rings. The lowest BCUT2D eigenvalue weighted by molar-refractivity contribution is -0.117. The molecule has 1 fully saturated rings. The Bertz CT molecular complexity index is 584. The van der Waals surface area contributed by atoms with Gasteiger partial charge in [0.1, 0.15) is 0 Å². The third kappa shape index (κ3) is 2.48. The molecular weight excluding hydrogens is 264 g/mol. The summed E-state index contributed by atoms with van der Waals surface area (Å²) in [5, 5.41) is 18.0. The van der Waals surface area contributed by atoms with E-state index in [9.17, 15) is 14.4 Å². The Hall–Kier alpha value is -2.41. The number of hydrogen-bond acceptors (Lipinski definition) is 4. The zero-order valence-corrected chi connectivity index (χ0v) is 10.6. The Morgan fingerprint density at radius 2 is 1.90 bits per heavy atom. The standard InChI is InChI=1S/C13H14N2O5/c14-5-7-3-11(16)15(6-7)8-1-2-9(12(17)18)10(4-8)13(19)20/h1-2,4,7H,3,5-6,14H2,(H,17,18)(H,19,20). The molecule has 4 N–H and O–H groups in total. The van der Waals surface area contributed by atoms with Crippen molar-refractivity contribution in [2.75, 3.05) is 18.0 Å². The quantitative estimate of drug-likeness (QED) is 0.732. The van der Waals surface area contributed by atoms with E-state index in [1.807, 2.05) is 0 Å². The van der Waals surface area contributed by atoms with Gasteiger partial charge >= 0.3 is 11.9 Å². The summed E-state index contributed by atoms with van der Waals surface area (Å²) in [4.78, 5) is 35.4. The highest BCUT2D eigenvalue weighted by atomic mass is 16.4. The fourth-order valence-electron chi connectivity index (χ4n) is 2.25. The summed E-state index contributed by atoms with van der Waals surface area (Å²) in [5.41, 5.74) is 5.27. The second kappa shape index (κ2) is 5.30. The van der Waals surface area contributed by atoms with Crippen molar-refractivity contribution >= 4 is 23.5 Å². The van der Waals surface area contributed by atoms with E-state index in [2.05, 4.69) is 0 Å². The van der Waals surface area contributed by atoms with Gasteiger partial charge in [-0.2, -0.15) is 0 Å². The van der Waals surface area contributed by atoms with E-state index >= 15 is 0 Å². The number of carbonyl (C=O) groups excluding carboxylic acids is 1. The van der Waals surface area contributed by atoms with Crippen LogP contribution in [0.2, 0.25) is 0 Å². The minimum absolute atomic E-state index is 0.0370. The summed E-state index contributed by atoms with van der Waals surface area (Å²) in [6.07, 6.45) is 0.319. The Morgan fingerprint density at radius 1 is 1.25 bits per heavy atom. The van der Waals surface area contributed by atoms with Crippen molar-refractivity contribution in [1.29, 1.82) is 0 Å². The smallest absolute Gasteiger partial charge is 0.336 e. The molecule has 0 aliphatic carbocycles. The number of carbonyl (C=O) groups is 3. The molecule has 2 rings (SSSR count). The van der Waals surface area contributed by atoms with Crippen molar-refractivity contribution in [3.05, 3.63) is 29.3 Å². The molecule has 1 aliphatic heterocycles. The summed E-state index contributed by atoms with van der Waals surface area (Å²) in [6, 6.07) is 3.85. The lowest BCUT2D eigenvalue weighted by atomic mass is 10.1. The molecular formula is C13H14N2O5. The number of benzene rings is 1. The predicted octanol–water partition coefficient (Wildman–Crippen LogP) is 0.395. The second-order valence-electron chi connectivity index (χ2n) is 4.65. The second-order valence-corrected chi connectivity index (χ2v) is 4.65. The average Bonchev–Trinajstić information content (AvgIpc) is 2.79. The minimum Gasteiger partial charge on any atom is -0.478 e. The maximum Gasteiger partial charge on any atom is 0.336 e. The van der Waals surface area contributed by atoms with E-state index in [-0.39, 0.29) is 23.0 Å². The first-order valence-electron chi connectivity index (χ1n) is 6.05. The number of aromatic carboxylic acids is 2. The van der Waals surface area contributed by atoms with Crippen LogP contribution in [-0.4, -0.2) is 41.1 Å². The van der Waals surface area contributed by atoms with Crippen molar-refractivity contribution in [1.82, 2.24) is 0 Å². The number of rotatable bonds is 4. The number of carboxylic acids is 2. The van der Waals surface area contributed by atoms with Crippen molar-refractivity contribution in [3.63, 3.8) is 0 Å². The van der Waals surface area contributed by atoms with Gasteiger partial charge in [-0.1, -0.05) is 0 Å². The molecule has 0 radical (unpaired) electrons. The minimum atomic E-state index is -1.34. The summed E-state index contributed by atoms with van der Waals surface area (Å²) in [6.45, 7) is 0.794. The Morgan fingerprint density at radius 3 is 2.40 bits per heavy atom. The van der Waals surface area contributed by atoms with E-state index in [1.54, 1.807) is 0 Å². The molecule has 7 nitrogen and oxygen atoms in total. The van der Waals surface area contributed by atoms with Gasteiger partial charge in [0.05, 0.1) is 11.1 Å². The van der Waals surface area contributed by atoms with Gasteiger partial charge in [-0.15, -0.1) is 0 Å². The molecule has 106 valence electrons. The third-order valence-corrected chi connectivity index (χ3v) is 3.31. The summed E-state index contributed by atoms with van der Waals surface area (Å²) in [5.74, 6) is -2.76. The summed E-state index contributed by atoms with van der Waals surface area (Å²) < 4.78 is 0. The van der Waals surface area contributed by atoms with E-state index in [0.717, 1.165) is 0 Å². The molecule has 1 unspecified atom stereocenters. The topological polar surface area (TPSA) is 121 Å². The molecule has 0 saturated carbocycles. The van der Waals surface area contributed by atoms with Gasteiger partial charge in [-0.3, -0.25) is 4.79 Å². The van der Waals surface area contributed by atoms with Crippen molar-refractivity contribution in [2.45, 2.75) is 6.42 Å². The van der Waals surface area contributed by atoms with Crippen LogP contribution in [0.1, 0.15) is 27.1 Å². The zero-order valence-electron chi connectivity index (χ0n) is 10.6. The highest BCUT2D eigenvalue weighted by Crippen LogP contribution is 2.26. The molecule has 0 spiro atoms. The molecule has 1 aliphatic rings. The van der Waals surface area contributed by atoms with Gasteiger partial charge in [-0.05, 0) is 30.7 Å². The molecule has 7 heteroatoms. The van der Waals surface area contributed by atoms with Crippen LogP contribution in [-0.2, 0) is 4.79 Å². The van der Waals surface area contributed by atoms with Gasteiger partial charge in [0, 0.05) is 18.7 Å². The average molecular weight is 278 g/mol. The Kier molecular flexibility index (Phi) is 3.71. The van der Waals surface area contributed by atoms with E-state index in [1.165, 1.54) is 23.1 Å². The van der Waals surface area contributed by atoms with Gasteiger partial charge in [0.25, 0.3) is 0 Å². The van der Waals surface area contributed by atoms with Crippen LogP contribution in [0, 0.1) is 5.92 Å². The van der Waals surface area contributed by atoms with Crippen LogP contribution >= 0.6 is 0 Å². The van der Waals surface area contributed by atoms with Gasteiger partial charge in [0.2, 0.25) is 5.91 Å². The molecule has 0 aromatic heterocycles.